The molecular formula is C23H22N8O2S. The summed E-state index contributed by atoms with van der Waals surface area (Å²) in [6.07, 6.45) is 5.91. The minimum absolute atomic E-state index is 0.425. The highest BCUT2D eigenvalue weighted by Crippen LogP contribution is 2.29. The smallest absolute Gasteiger partial charge is 0.230 e. The number of aliphatic hydroxyl groups is 1. The van der Waals surface area contributed by atoms with E-state index in [0.29, 0.717) is 28.2 Å². The lowest BCUT2D eigenvalue weighted by atomic mass is 10.1. The van der Waals surface area contributed by atoms with Crippen molar-refractivity contribution in [3.05, 3.63) is 58.9 Å². The Balaban J connectivity index is 1.40. The third kappa shape index (κ3) is 4.54. The Bertz CT molecular complexity index is 1360. The van der Waals surface area contributed by atoms with Gasteiger partial charge >= 0.3 is 0 Å². The summed E-state index contributed by atoms with van der Waals surface area (Å²) in [6.45, 7) is 3.19. The maximum atomic E-state index is 10.6. The molecule has 0 saturated heterocycles. The third-order valence-corrected chi connectivity index (χ3v) is 6.18. The molecule has 34 heavy (non-hydrogen) atoms. The molecule has 4 aromatic heterocycles. The van der Waals surface area contributed by atoms with Crippen LogP contribution in [0, 0.1) is 11.8 Å². The number of rotatable bonds is 5. The number of thiazole rings is 1. The fourth-order valence-corrected chi connectivity index (χ4v) is 4.21. The second-order valence-electron chi connectivity index (χ2n) is 7.72. The van der Waals surface area contributed by atoms with Crippen molar-refractivity contribution in [1.29, 1.82) is 0 Å². The van der Waals surface area contributed by atoms with E-state index in [1.165, 1.54) is 11.3 Å². The van der Waals surface area contributed by atoms with Gasteiger partial charge in [0, 0.05) is 49.2 Å². The van der Waals surface area contributed by atoms with E-state index in [1.807, 2.05) is 22.2 Å². The predicted octanol–water partition coefficient (Wildman–Crippen LogP) is 3.08. The van der Waals surface area contributed by atoms with Crippen LogP contribution in [0.25, 0.3) is 0 Å². The summed E-state index contributed by atoms with van der Waals surface area (Å²) in [7, 11) is 1.61. The topological polar surface area (TPSA) is 114 Å². The molecule has 172 valence electrons. The van der Waals surface area contributed by atoms with Crippen LogP contribution >= 0.6 is 11.3 Å². The molecule has 0 bridgehead atoms. The Hall–Kier alpha value is -4.01. The molecule has 11 heteroatoms. The van der Waals surface area contributed by atoms with E-state index in [1.54, 1.807) is 44.8 Å². The molecule has 1 aliphatic heterocycles. The molecule has 0 amide bonds. The van der Waals surface area contributed by atoms with Gasteiger partial charge < -0.3 is 20.1 Å². The van der Waals surface area contributed by atoms with E-state index >= 15 is 0 Å². The van der Waals surface area contributed by atoms with Crippen molar-refractivity contribution >= 4 is 34.7 Å². The summed E-state index contributed by atoms with van der Waals surface area (Å²) in [4.78, 5) is 19.5. The number of ether oxygens (including phenoxy) is 1. The van der Waals surface area contributed by atoms with Crippen molar-refractivity contribution in [3.8, 4) is 17.6 Å². The first-order valence-electron chi connectivity index (χ1n) is 10.6. The average molecular weight is 475 g/mol. The number of pyridine rings is 1. The molecule has 0 fully saturated rings. The Morgan fingerprint density at radius 3 is 2.85 bits per heavy atom. The van der Waals surface area contributed by atoms with Crippen LogP contribution in [0.2, 0.25) is 0 Å². The Morgan fingerprint density at radius 2 is 2.03 bits per heavy atom. The summed E-state index contributed by atoms with van der Waals surface area (Å²) < 4.78 is 7.15. The molecule has 5 rings (SSSR count). The highest BCUT2D eigenvalue weighted by Gasteiger charge is 2.24. The van der Waals surface area contributed by atoms with Crippen molar-refractivity contribution in [2.24, 2.45) is 0 Å². The number of aryl methyl sites for hydroxylation is 1. The predicted molar refractivity (Wildman–Crippen MR) is 129 cm³/mol. The lowest BCUT2D eigenvalue weighted by Gasteiger charge is -2.28. The molecule has 0 radical (unpaired) electrons. The summed E-state index contributed by atoms with van der Waals surface area (Å²) in [5.74, 6) is 9.21. The molecule has 4 aromatic rings. The molecule has 5 heterocycles. The van der Waals surface area contributed by atoms with Crippen LogP contribution in [-0.2, 0) is 12.1 Å². The monoisotopic (exact) mass is 474 g/mol. The fourth-order valence-electron chi connectivity index (χ4n) is 3.56. The lowest BCUT2D eigenvalue weighted by molar-refractivity contribution is 0.122. The number of aromatic nitrogens is 6. The van der Waals surface area contributed by atoms with Gasteiger partial charge in [-0.1, -0.05) is 5.92 Å². The van der Waals surface area contributed by atoms with Gasteiger partial charge in [-0.15, -0.1) is 11.3 Å². The van der Waals surface area contributed by atoms with Gasteiger partial charge in [-0.05, 0) is 31.4 Å². The second kappa shape index (κ2) is 9.09. The van der Waals surface area contributed by atoms with Crippen LogP contribution in [0.15, 0.2) is 48.2 Å². The number of hydrogen-bond acceptors (Lipinski definition) is 10. The first-order chi connectivity index (χ1) is 16.5. The summed E-state index contributed by atoms with van der Waals surface area (Å²) in [6, 6.07) is 7.31. The van der Waals surface area contributed by atoms with E-state index in [-0.39, 0.29) is 0 Å². The Kier molecular flexibility index (Phi) is 5.83. The van der Waals surface area contributed by atoms with Gasteiger partial charge in [0.15, 0.2) is 5.60 Å². The second-order valence-corrected chi connectivity index (χ2v) is 8.61. The van der Waals surface area contributed by atoms with Crippen molar-refractivity contribution in [2.75, 3.05) is 23.9 Å². The van der Waals surface area contributed by atoms with Gasteiger partial charge in [0.2, 0.25) is 5.95 Å². The summed E-state index contributed by atoms with van der Waals surface area (Å²) in [5.41, 5.74) is -0.758. The highest BCUT2D eigenvalue weighted by atomic mass is 32.1. The summed E-state index contributed by atoms with van der Waals surface area (Å²) >= 11 is 1.36. The quantitative estimate of drug-likeness (QED) is 0.421. The van der Waals surface area contributed by atoms with Crippen LogP contribution in [0.4, 0.5) is 23.4 Å². The van der Waals surface area contributed by atoms with Gasteiger partial charge in [0.25, 0.3) is 0 Å². The van der Waals surface area contributed by atoms with Crippen molar-refractivity contribution < 1.29 is 9.84 Å². The molecule has 0 spiro atoms. The lowest BCUT2D eigenvalue weighted by Crippen LogP contribution is -2.28. The number of anilines is 4. The number of hydrogen-bond donors (Lipinski definition) is 2. The zero-order chi connectivity index (χ0) is 23.5. The van der Waals surface area contributed by atoms with E-state index in [4.69, 9.17) is 4.74 Å². The van der Waals surface area contributed by atoms with Crippen LogP contribution in [0.5, 0.6) is 5.75 Å². The molecule has 10 nitrogen and oxygen atoms in total. The Labute approximate surface area is 200 Å². The van der Waals surface area contributed by atoms with Crippen LogP contribution < -0.4 is 15.0 Å². The van der Waals surface area contributed by atoms with Gasteiger partial charge in [-0.2, -0.15) is 10.1 Å². The SMILES string of the molecule is COc1ccnc(Nc2nccc(N3CCCn4nc(C#CC(C)(O)c5nccs5)cc43)n2)c1. The van der Waals surface area contributed by atoms with Gasteiger partial charge in [-0.3, -0.25) is 0 Å². The molecule has 1 atom stereocenters. The number of fused-ring (bicyclic) bond motifs is 1. The minimum Gasteiger partial charge on any atom is -0.497 e. The number of nitrogens with zero attached hydrogens (tertiary/aromatic N) is 7. The van der Waals surface area contributed by atoms with Crippen molar-refractivity contribution in [1.82, 2.24) is 29.7 Å². The van der Waals surface area contributed by atoms with Gasteiger partial charge in [0.05, 0.1) is 7.11 Å². The molecule has 0 aliphatic carbocycles. The Morgan fingerprint density at radius 1 is 1.15 bits per heavy atom. The maximum absolute atomic E-state index is 10.6. The normalized spacial score (nSPS) is 14.5. The summed E-state index contributed by atoms with van der Waals surface area (Å²) in [5, 5.41) is 20.7. The van der Waals surface area contributed by atoms with Crippen molar-refractivity contribution in [2.45, 2.75) is 25.5 Å². The van der Waals surface area contributed by atoms with E-state index in [2.05, 4.69) is 47.1 Å². The molecule has 2 N–H and O–H groups in total. The minimum atomic E-state index is -1.33. The fraction of sp³-hybridized carbons (Fsp3) is 0.261. The zero-order valence-corrected chi connectivity index (χ0v) is 19.5. The van der Waals surface area contributed by atoms with E-state index in [9.17, 15) is 5.11 Å². The number of methoxy groups -OCH3 is 1. The molecule has 1 unspecified atom stereocenters. The van der Waals surface area contributed by atoms with Gasteiger partial charge in [-0.25, -0.2) is 19.6 Å². The third-order valence-electron chi connectivity index (χ3n) is 5.19. The molecule has 0 saturated carbocycles. The van der Waals surface area contributed by atoms with Crippen LogP contribution in [-0.4, -0.2) is 48.5 Å². The zero-order valence-electron chi connectivity index (χ0n) is 18.6. The largest absolute Gasteiger partial charge is 0.497 e. The van der Waals surface area contributed by atoms with Gasteiger partial charge in [0.1, 0.15) is 33.9 Å². The number of nitrogens with one attached hydrogen (secondary N) is 1. The van der Waals surface area contributed by atoms with E-state index < -0.39 is 5.60 Å². The maximum Gasteiger partial charge on any atom is 0.230 e. The van der Waals surface area contributed by atoms with Crippen LogP contribution in [0.1, 0.15) is 24.0 Å². The molecule has 0 aromatic carbocycles. The van der Waals surface area contributed by atoms with Crippen molar-refractivity contribution in [3.63, 3.8) is 0 Å². The van der Waals surface area contributed by atoms with Crippen LogP contribution in [0.3, 0.4) is 0 Å². The first-order valence-corrected chi connectivity index (χ1v) is 11.5. The average Bonchev–Trinajstić information content (AvgIpc) is 3.53. The first kappa shape index (κ1) is 21.8. The highest BCUT2D eigenvalue weighted by molar-refractivity contribution is 7.09. The molecule has 1 aliphatic rings. The standard InChI is InChI=1S/C23H22N8O2S/c1-23(32,21-25-10-13-34-21)7-4-16-14-20-30(11-3-12-31(20)29-16)19-6-9-26-22(28-19)27-18-15-17(33-2)5-8-24-18/h5-6,8-10,13-15,32H,3,11-12H2,1-2H3,(H,24,26,27,28). The molecular weight excluding hydrogens is 452 g/mol. The van der Waals surface area contributed by atoms with E-state index in [0.717, 1.165) is 31.1 Å².